The van der Waals surface area contributed by atoms with Crippen LogP contribution in [0, 0.1) is 5.82 Å². The fourth-order valence-corrected chi connectivity index (χ4v) is 1.35. The molecule has 0 aliphatic rings. The van der Waals surface area contributed by atoms with Crippen LogP contribution in [0.2, 0.25) is 0 Å². The van der Waals surface area contributed by atoms with E-state index in [2.05, 4.69) is 0 Å². The van der Waals surface area contributed by atoms with E-state index in [4.69, 9.17) is 15.9 Å². The van der Waals surface area contributed by atoms with E-state index in [9.17, 15) is 23.1 Å². The zero-order valence-electron chi connectivity index (χ0n) is 8.90. The van der Waals surface area contributed by atoms with Crippen LogP contribution in [-0.4, -0.2) is 33.8 Å². The maximum Gasteiger partial charge on any atom is 0.339 e. The minimum atomic E-state index is -3.82. The van der Waals surface area contributed by atoms with Gasteiger partial charge in [0.1, 0.15) is 29.8 Å². The highest BCUT2D eigenvalue weighted by atomic mass is 19.3. The number of nitrogens with two attached hydrogens (primary N) is 1. The van der Waals surface area contributed by atoms with Crippen molar-refractivity contribution < 1.29 is 33.3 Å². The third-order valence-electron chi connectivity index (χ3n) is 2.34. The Bertz CT molecular complexity index is 478. The number of carbonyl (C=O) groups is 1. The molecule has 0 fully saturated rings. The Labute approximate surface area is 99.3 Å². The molecule has 0 aromatic heterocycles. The lowest BCUT2D eigenvalue weighted by molar-refractivity contribution is -0.0716. The monoisotopic (exact) mass is 265 g/mol. The van der Waals surface area contributed by atoms with E-state index < -0.39 is 47.2 Å². The van der Waals surface area contributed by atoms with Crippen molar-refractivity contribution in [3.8, 4) is 5.75 Å². The molecule has 1 rings (SSSR count). The van der Waals surface area contributed by atoms with Crippen LogP contribution < -0.4 is 5.73 Å². The van der Waals surface area contributed by atoms with Crippen LogP contribution in [0.4, 0.5) is 13.2 Å². The summed E-state index contributed by atoms with van der Waals surface area (Å²) in [6, 6.07) is -1.25. The van der Waals surface area contributed by atoms with Gasteiger partial charge in [0, 0.05) is 5.56 Å². The van der Waals surface area contributed by atoms with Gasteiger partial charge in [-0.1, -0.05) is 0 Å². The molecule has 0 amide bonds. The maximum atomic E-state index is 13.1. The number of benzene rings is 1. The summed E-state index contributed by atoms with van der Waals surface area (Å²) in [4.78, 5) is 10.7. The second-order valence-electron chi connectivity index (χ2n) is 3.59. The van der Waals surface area contributed by atoms with Gasteiger partial charge in [-0.25, -0.2) is 18.0 Å². The number of aromatic carboxylic acids is 1. The molecule has 0 saturated heterocycles. The zero-order valence-corrected chi connectivity index (χ0v) is 8.90. The van der Waals surface area contributed by atoms with E-state index in [0.29, 0.717) is 12.1 Å². The SMILES string of the molecule is N[C@H](c1cc(F)cc(C(=O)O)c1O)C(F)(F)CO. The summed E-state index contributed by atoms with van der Waals surface area (Å²) >= 11 is 0. The van der Waals surface area contributed by atoms with Crippen molar-refractivity contribution >= 4 is 5.97 Å². The molecule has 0 aliphatic carbocycles. The first-order valence-electron chi connectivity index (χ1n) is 4.70. The van der Waals surface area contributed by atoms with E-state index >= 15 is 0 Å². The number of carboxylic acid groups (broad SMARTS) is 1. The van der Waals surface area contributed by atoms with Gasteiger partial charge in [-0.2, -0.15) is 0 Å². The number of hydrogen-bond donors (Lipinski definition) is 4. The first kappa shape index (κ1) is 14.3. The van der Waals surface area contributed by atoms with Crippen molar-refractivity contribution in [1.29, 1.82) is 0 Å². The number of hydrogen-bond acceptors (Lipinski definition) is 4. The predicted octanol–water partition coefficient (Wildman–Crippen LogP) is 0.857. The van der Waals surface area contributed by atoms with Crippen LogP contribution >= 0.6 is 0 Å². The second-order valence-corrected chi connectivity index (χ2v) is 3.59. The zero-order chi connectivity index (χ0) is 14.1. The molecule has 0 saturated carbocycles. The van der Waals surface area contributed by atoms with Gasteiger partial charge in [0.15, 0.2) is 0 Å². The van der Waals surface area contributed by atoms with Crippen molar-refractivity contribution in [2.45, 2.75) is 12.0 Å². The Morgan fingerprint density at radius 1 is 1.44 bits per heavy atom. The standard InChI is InChI=1S/C10H10F3NO4/c11-4-1-5(8(14)10(12,13)3-15)7(16)6(2-4)9(17)18/h1-2,8,15-16H,3,14H2,(H,17,18)/t8-/m1/s1. The lowest BCUT2D eigenvalue weighted by Gasteiger charge is -2.22. The van der Waals surface area contributed by atoms with Gasteiger partial charge >= 0.3 is 5.97 Å². The highest BCUT2D eigenvalue weighted by Gasteiger charge is 2.39. The third-order valence-corrected chi connectivity index (χ3v) is 2.34. The highest BCUT2D eigenvalue weighted by Crippen LogP contribution is 2.36. The Kier molecular flexibility index (Phi) is 3.82. The number of aliphatic hydroxyl groups is 1. The van der Waals surface area contributed by atoms with Crippen LogP contribution in [0.15, 0.2) is 12.1 Å². The Hall–Kier alpha value is -1.80. The number of aromatic hydroxyl groups is 1. The molecule has 0 heterocycles. The van der Waals surface area contributed by atoms with Gasteiger partial charge in [-0.15, -0.1) is 0 Å². The van der Waals surface area contributed by atoms with Gasteiger partial charge in [-0.3, -0.25) is 0 Å². The van der Waals surface area contributed by atoms with E-state index in [1.165, 1.54) is 0 Å². The van der Waals surface area contributed by atoms with Crippen molar-refractivity contribution in [3.05, 3.63) is 29.1 Å². The summed E-state index contributed by atoms with van der Waals surface area (Å²) in [7, 11) is 0. The maximum absolute atomic E-state index is 13.1. The molecule has 1 aromatic carbocycles. The van der Waals surface area contributed by atoms with Crippen molar-refractivity contribution in [2.24, 2.45) is 5.73 Å². The molecule has 0 bridgehead atoms. The number of carboxylic acids is 1. The summed E-state index contributed by atoms with van der Waals surface area (Å²) in [5, 5.41) is 26.6. The summed E-state index contributed by atoms with van der Waals surface area (Å²) in [5.41, 5.74) is 3.43. The first-order chi connectivity index (χ1) is 8.20. The first-order valence-corrected chi connectivity index (χ1v) is 4.70. The summed E-state index contributed by atoms with van der Waals surface area (Å²) in [6.45, 7) is -1.62. The van der Waals surface area contributed by atoms with Crippen LogP contribution in [0.25, 0.3) is 0 Å². The number of alkyl halides is 2. The molecule has 5 nitrogen and oxygen atoms in total. The molecule has 8 heteroatoms. The van der Waals surface area contributed by atoms with Gasteiger partial charge in [0.05, 0.1) is 0 Å². The van der Waals surface area contributed by atoms with E-state index in [1.54, 1.807) is 0 Å². The minimum Gasteiger partial charge on any atom is -0.507 e. The van der Waals surface area contributed by atoms with Gasteiger partial charge in [0.2, 0.25) is 0 Å². The number of halogens is 3. The number of rotatable bonds is 4. The third kappa shape index (κ3) is 2.54. The molecular weight excluding hydrogens is 255 g/mol. The van der Waals surface area contributed by atoms with Crippen LogP contribution in [0.1, 0.15) is 22.0 Å². The fourth-order valence-electron chi connectivity index (χ4n) is 1.35. The number of phenols is 1. The second kappa shape index (κ2) is 4.83. The van der Waals surface area contributed by atoms with E-state index in [-0.39, 0.29) is 0 Å². The van der Waals surface area contributed by atoms with Gasteiger partial charge in [-0.05, 0) is 12.1 Å². The van der Waals surface area contributed by atoms with Gasteiger partial charge in [0.25, 0.3) is 5.92 Å². The minimum absolute atomic E-state index is 0.477. The molecular formula is C10H10F3NO4. The summed E-state index contributed by atoms with van der Waals surface area (Å²) in [5.74, 6) is -7.69. The molecule has 5 N–H and O–H groups in total. The van der Waals surface area contributed by atoms with E-state index in [1.807, 2.05) is 0 Å². The lowest BCUT2D eigenvalue weighted by atomic mass is 9.98. The Morgan fingerprint density at radius 3 is 2.44 bits per heavy atom. The molecule has 0 spiro atoms. The summed E-state index contributed by atoms with van der Waals surface area (Å²) < 4.78 is 39.3. The Morgan fingerprint density at radius 2 is 2.00 bits per heavy atom. The quantitative estimate of drug-likeness (QED) is 0.646. The van der Waals surface area contributed by atoms with Crippen molar-refractivity contribution in [1.82, 2.24) is 0 Å². The number of aliphatic hydroxyl groups excluding tert-OH is 1. The fraction of sp³-hybridized carbons (Fsp3) is 0.300. The largest absolute Gasteiger partial charge is 0.507 e. The van der Waals surface area contributed by atoms with Crippen molar-refractivity contribution in [2.75, 3.05) is 6.61 Å². The molecule has 18 heavy (non-hydrogen) atoms. The predicted molar refractivity (Wildman–Crippen MR) is 54.0 cm³/mol. The Balaban J connectivity index is 3.37. The lowest BCUT2D eigenvalue weighted by Crippen LogP contribution is -2.36. The van der Waals surface area contributed by atoms with Crippen molar-refractivity contribution in [3.63, 3.8) is 0 Å². The normalized spacial score (nSPS) is 13.4. The molecule has 1 atom stereocenters. The van der Waals surface area contributed by atoms with Crippen LogP contribution in [-0.2, 0) is 0 Å². The average Bonchev–Trinajstić information content (AvgIpc) is 2.30. The van der Waals surface area contributed by atoms with Gasteiger partial charge < -0.3 is 21.1 Å². The molecule has 100 valence electrons. The van der Waals surface area contributed by atoms with Crippen LogP contribution in [0.3, 0.4) is 0 Å². The summed E-state index contributed by atoms with van der Waals surface area (Å²) in [6.07, 6.45) is 0. The molecule has 0 radical (unpaired) electrons. The van der Waals surface area contributed by atoms with E-state index in [0.717, 1.165) is 0 Å². The average molecular weight is 265 g/mol. The molecule has 0 unspecified atom stereocenters. The topological polar surface area (TPSA) is 104 Å². The van der Waals surface area contributed by atoms with Crippen LogP contribution in [0.5, 0.6) is 5.75 Å². The smallest absolute Gasteiger partial charge is 0.339 e. The molecule has 0 aliphatic heterocycles. The highest BCUT2D eigenvalue weighted by molar-refractivity contribution is 5.91. The molecule has 1 aromatic rings.